The Hall–Kier alpha value is -0.490. The summed E-state index contributed by atoms with van der Waals surface area (Å²) in [5, 5.41) is 0. The van der Waals surface area contributed by atoms with Crippen LogP contribution in [0, 0.1) is 11.7 Å². The van der Waals surface area contributed by atoms with E-state index in [1.165, 1.54) is 30.8 Å². The fourth-order valence-corrected chi connectivity index (χ4v) is 4.68. The van der Waals surface area contributed by atoms with E-state index in [-0.39, 0.29) is 27.3 Å². The van der Waals surface area contributed by atoms with Crippen LogP contribution in [0.4, 0.5) is 4.39 Å². The average molecular weight is 331 g/mol. The van der Waals surface area contributed by atoms with Crippen LogP contribution in [0.3, 0.4) is 0 Å². The Labute approximate surface area is 105 Å². The molecule has 1 aromatic heterocycles. The van der Waals surface area contributed by atoms with Gasteiger partial charge in [0.15, 0.2) is 0 Å². The summed E-state index contributed by atoms with van der Waals surface area (Å²) in [6.07, 6.45) is 4.89. The summed E-state index contributed by atoms with van der Waals surface area (Å²) in [5.41, 5.74) is 2.27. The van der Waals surface area contributed by atoms with Crippen molar-refractivity contribution in [1.29, 1.82) is 0 Å². The van der Waals surface area contributed by atoms with Gasteiger partial charge in [0.2, 0.25) is 0 Å². The van der Waals surface area contributed by atoms with Gasteiger partial charge in [-0.25, -0.2) is 0 Å². The summed E-state index contributed by atoms with van der Waals surface area (Å²) >= 11 is 0.153. The van der Waals surface area contributed by atoms with E-state index in [2.05, 4.69) is 19.1 Å². The van der Waals surface area contributed by atoms with Crippen LogP contribution in [0.25, 0.3) is 5.57 Å². The van der Waals surface area contributed by atoms with Gasteiger partial charge in [-0.2, -0.15) is 0 Å². The summed E-state index contributed by atoms with van der Waals surface area (Å²) < 4.78 is 15.4. The number of pyridine rings is 1. The molecule has 0 aromatic carbocycles. The molecule has 1 aliphatic heterocycles. The van der Waals surface area contributed by atoms with Crippen molar-refractivity contribution in [3.8, 4) is 0 Å². The van der Waals surface area contributed by atoms with Crippen LogP contribution in [0.1, 0.15) is 12.1 Å². The molecular weight excluding hydrogens is 318 g/mol. The van der Waals surface area contributed by atoms with Crippen molar-refractivity contribution in [3.05, 3.63) is 35.9 Å². The van der Waals surface area contributed by atoms with Crippen molar-refractivity contribution in [3.63, 3.8) is 0 Å². The maximum atomic E-state index is 12.8. The third kappa shape index (κ3) is 1.68. The number of alkyl halides is 1. The van der Waals surface area contributed by atoms with Gasteiger partial charge in [-0.3, -0.25) is 0 Å². The third-order valence-corrected chi connectivity index (χ3v) is 5.59. The number of halogens is 2. The predicted molar refractivity (Wildman–Crippen MR) is 56.7 cm³/mol. The van der Waals surface area contributed by atoms with Crippen LogP contribution in [0.15, 0.2) is 24.4 Å². The van der Waals surface area contributed by atoms with Crippen LogP contribution in [0.5, 0.6) is 0 Å². The van der Waals surface area contributed by atoms with Gasteiger partial charge in [0.25, 0.3) is 0 Å². The van der Waals surface area contributed by atoms with Gasteiger partial charge < -0.3 is 0 Å². The first kappa shape index (κ1) is 10.7. The van der Waals surface area contributed by atoms with Crippen molar-refractivity contribution in [1.82, 2.24) is 8.10 Å². The van der Waals surface area contributed by atoms with Gasteiger partial charge in [-0.05, 0) is 0 Å². The summed E-state index contributed by atoms with van der Waals surface area (Å²) in [6, 6.07) is 3.86. The van der Waals surface area contributed by atoms with Crippen molar-refractivity contribution >= 4 is 5.57 Å². The molecule has 1 aliphatic carbocycles. The molecule has 0 spiro atoms. The van der Waals surface area contributed by atoms with Gasteiger partial charge >= 0.3 is 105 Å². The Morgan fingerprint density at radius 2 is 2.38 bits per heavy atom. The SMILES string of the molecule is C[I-]N1CC2C=C(c3ccc(F)cn3)C1C2. The molecule has 2 bridgehead atoms. The van der Waals surface area contributed by atoms with E-state index in [0.717, 1.165) is 5.69 Å². The van der Waals surface area contributed by atoms with E-state index in [0.29, 0.717) is 12.0 Å². The van der Waals surface area contributed by atoms with Gasteiger partial charge in [0, 0.05) is 0 Å². The second kappa shape index (κ2) is 4.07. The molecule has 1 aromatic rings. The Morgan fingerprint density at radius 3 is 3.00 bits per heavy atom. The Morgan fingerprint density at radius 1 is 1.50 bits per heavy atom. The normalized spacial score (nSPS) is 28.8. The molecular formula is C12H13FIN2-. The molecule has 4 heteroatoms. The van der Waals surface area contributed by atoms with Crippen LogP contribution in [-0.4, -0.2) is 25.6 Å². The van der Waals surface area contributed by atoms with Crippen LogP contribution in [0.2, 0.25) is 0 Å². The summed E-state index contributed by atoms with van der Waals surface area (Å²) in [4.78, 5) is 6.49. The topological polar surface area (TPSA) is 16.1 Å². The first-order valence-corrected chi connectivity index (χ1v) is 8.50. The van der Waals surface area contributed by atoms with Crippen LogP contribution in [-0.2, 0) is 0 Å². The summed E-state index contributed by atoms with van der Waals surface area (Å²) in [5.74, 6) is 0.443. The minimum absolute atomic E-state index is 0.153. The van der Waals surface area contributed by atoms with Crippen LogP contribution < -0.4 is 21.5 Å². The molecule has 0 radical (unpaired) electrons. The predicted octanol–water partition coefficient (Wildman–Crippen LogP) is -1.06. The molecule has 86 valence electrons. The van der Waals surface area contributed by atoms with Crippen molar-refractivity contribution < 1.29 is 25.9 Å². The number of rotatable bonds is 2. The van der Waals surface area contributed by atoms with E-state index >= 15 is 0 Å². The van der Waals surface area contributed by atoms with Gasteiger partial charge in [0.05, 0.1) is 0 Å². The zero-order chi connectivity index (χ0) is 11.1. The van der Waals surface area contributed by atoms with Gasteiger partial charge in [-0.1, -0.05) is 0 Å². The van der Waals surface area contributed by atoms with E-state index < -0.39 is 0 Å². The quantitative estimate of drug-likeness (QED) is 0.390. The molecule has 2 aliphatic rings. The van der Waals surface area contributed by atoms with Crippen molar-refractivity contribution in [2.45, 2.75) is 12.5 Å². The Bertz CT molecular complexity index is 429. The molecule has 0 saturated carbocycles. The first-order valence-electron chi connectivity index (χ1n) is 5.38. The summed E-state index contributed by atoms with van der Waals surface area (Å²) in [6.45, 7) is 1.22. The maximum absolute atomic E-state index is 12.8. The molecule has 1 saturated heterocycles. The first-order chi connectivity index (χ1) is 7.78. The van der Waals surface area contributed by atoms with Crippen molar-refractivity contribution in [2.75, 3.05) is 11.5 Å². The number of nitrogens with zero attached hydrogens (tertiary/aromatic N) is 2. The van der Waals surface area contributed by atoms with Gasteiger partial charge in [0.1, 0.15) is 0 Å². The molecule has 0 amide bonds. The molecule has 2 nitrogen and oxygen atoms in total. The molecule has 0 N–H and O–H groups in total. The zero-order valence-corrected chi connectivity index (χ0v) is 11.2. The second-order valence-electron chi connectivity index (χ2n) is 4.25. The Balaban J connectivity index is 1.91. The molecule has 2 atom stereocenters. The Kier molecular flexibility index (Phi) is 2.71. The zero-order valence-electron chi connectivity index (χ0n) is 9.03. The molecule has 3 rings (SSSR count). The average Bonchev–Trinajstić information content (AvgIpc) is 2.89. The van der Waals surface area contributed by atoms with E-state index in [9.17, 15) is 4.39 Å². The summed E-state index contributed by atoms with van der Waals surface area (Å²) in [7, 11) is 0. The van der Waals surface area contributed by atoms with Crippen LogP contribution >= 0.6 is 0 Å². The number of hydrogen-bond donors (Lipinski definition) is 0. The molecule has 2 unspecified atom stereocenters. The number of hydrogen-bond acceptors (Lipinski definition) is 2. The van der Waals surface area contributed by atoms with E-state index in [1.54, 1.807) is 6.07 Å². The monoisotopic (exact) mass is 331 g/mol. The third-order valence-electron chi connectivity index (χ3n) is 3.29. The van der Waals surface area contributed by atoms with E-state index in [1.807, 2.05) is 0 Å². The molecule has 16 heavy (non-hydrogen) atoms. The number of aromatic nitrogens is 1. The second-order valence-corrected chi connectivity index (χ2v) is 6.45. The number of fused-ring (bicyclic) bond motifs is 2. The standard InChI is InChI=1S/C12H13FIN2/c1-14-16-7-8-4-10(12(16)5-8)11-3-2-9(13)6-15-11/h2-4,6,8,12H,5,7H2,1H3/q-1. The van der Waals surface area contributed by atoms with Crippen molar-refractivity contribution in [2.24, 2.45) is 5.92 Å². The van der Waals surface area contributed by atoms with Gasteiger partial charge in [-0.15, -0.1) is 0 Å². The molecule has 2 heterocycles. The molecule has 1 fully saturated rings. The minimum atomic E-state index is -0.257. The fraction of sp³-hybridized carbons (Fsp3) is 0.417. The van der Waals surface area contributed by atoms with E-state index in [4.69, 9.17) is 0 Å². The fourth-order valence-electron chi connectivity index (χ4n) is 2.58.